The maximum Gasteiger partial charge on any atom is 0.105 e. The molecule has 0 saturated carbocycles. The SMILES string of the molecule is CC1(C)CN(c2ccc(C(N)=S)c(Cl)c2)CCS1. The van der Waals surface area contributed by atoms with Crippen molar-refractivity contribution in [2.24, 2.45) is 5.73 Å². The van der Waals surface area contributed by atoms with Gasteiger partial charge >= 0.3 is 0 Å². The number of nitrogens with zero attached hydrogens (tertiary/aromatic N) is 1. The molecule has 1 aliphatic rings. The van der Waals surface area contributed by atoms with Crippen LogP contribution in [0, 0.1) is 0 Å². The Hall–Kier alpha value is -0.450. The lowest BCUT2D eigenvalue weighted by Gasteiger charge is -2.39. The van der Waals surface area contributed by atoms with Crippen LogP contribution in [0.15, 0.2) is 18.2 Å². The van der Waals surface area contributed by atoms with Crippen LogP contribution >= 0.6 is 35.6 Å². The van der Waals surface area contributed by atoms with E-state index in [1.54, 1.807) is 0 Å². The largest absolute Gasteiger partial charge is 0.389 e. The summed E-state index contributed by atoms with van der Waals surface area (Å²) < 4.78 is 0.284. The van der Waals surface area contributed by atoms with E-state index in [1.165, 1.54) is 0 Å². The molecule has 2 nitrogen and oxygen atoms in total. The van der Waals surface area contributed by atoms with Crippen molar-refractivity contribution in [2.75, 3.05) is 23.7 Å². The zero-order chi connectivity index (χ0) is 13.3. The number of halogens is 1. The van der Waals surface area contributed by atoms with Gasteiger partial charge in [-0.05, 0) is 32.0 Å². The first-order valence-electron chi connectivity index (χ1n) is 5.87. The van der Waals surface area contributed by atoms with Gasteiger partial charge in [0.15, 0.2) is 0 Å². The summed E-state index contributed by atoms with van der Waals surface area (Å²) >= 11 is 13.2. The molecule has 1 saturated heterocycles. The number of thioether (sulfide) groups is 1. The van der Waals surface area contributed by atoms with E-state index in [0.29, 0.717) is 10.0 Å². The average Bonchev–Trinajstić information content (AvgIpc) is 2.27. The lowest BCUT2D eigenvalue weighted by molar-refractivity contribution is 0.648. The third-order valence-corrected chi connectivity index (χ3v) is 4.84. The second-order valence-electron chi connectivity index (χ2n) is 5.06. The van der Waals surface area contributed by atoms with Crippen molar-refractivity contribution >= 4 is 46.3 Å². The summed E-state index contributed by atoms with van der Waals surface area (Å²) in [5.74, 6) is 1.14. The molecule has 98 valence electrons. The maximum absolute atomic E-state index is 6.22. The van der Waals surface area contributed by atoms with E-state index >= 15 is 0 Å². The quantitative estimate of drug-likeness (QED) is 0.849. The minimum Gasteiger partial charge on any atom is -0.389 e. The molecule has 2 N–H and O–H groups in total. The van der Waals surface area contributed by atoms with Crippen molar-refractivity contribution in [3.63, 3.8) is 0 Å². The fraction of sp³-hybridized carbons (Fsp3) is 0.462. The normalized spacial score (nSPS) is 18.7. The predicted octanol–water partition coefficient (Wildman–Crippen LogP) is 3.31. The average molecular weight is 301 g/mol. The van der Waals surface area contributed by atoms with E-state index in [0.717, 1.165) is 30.1 Å². The fourth-order valence-electron chi connectivity index (χ4n) is 2.14. The van der Waals surface area contributed by atoms with E-state index in [1.807, 2.05) is 30.0 Å². The van der Waals surface area contributed by atoms with Crippen LogP contribution in [0.1, 0.15) is 19.4 Å². The van der Waals surface area contributed by atoms with Gasteiger partial charge in [-0.1, -0.05) is 23.8 Å². The van der Waals surface area contributed by atoms with Gasteiger partial charge in [0.2, 0.25) is 0 Å². The minimum absolute atomic E-state index is 0.284. The molecule has 1 aliphatic heterocycles. The molecule has 0 amide bonds. The fourth-order valence-corrected chi connectivity index (χ4v) is 3.76. The van der Waals surface area contributed by atoms with Crippen LogP contribution in [0.25, 0.3) is 0 Å². The number of benzene rings is 1. The Kier molecular flexibility index (Phi) is 4.09. The lowest BCUT2D eigenvalue weighted by Crippen LogP contribution is -2.43. The van der Waals surface area contributed by atoms with Crippen molar-refractivity contribution in [3.8, 4) is 0 Å². The number of hydrogen-bond acceptors (Lipinski definition) is 3. The van der Waals surface area contributed by atoms with Crippen molar-refractivity contribution in [3.05, 3.63) is 28.8 Å². The van der Waals surface area contributed by atoms with Crippen LogP contribution in [-0.2, 0) is 0 Å². The summed E-state index contributed by atoms with van der Waals surface area (Å²) in [4.78, 5) is 2.72. The smallest absolute Gasteiger partial charge is 0.105 e. The van der Waals surface area contributed by atoms with Crippen LogP contribution in [-0.4, -0.2) is 28.6 Å². The first-order chi connectivity index (χ1) is 8.39. The van der Waals surface area contributed by atoms with Crippen molar-refractivity contribution in [1.29, 1.82) is 0 Å². The Labute approximate surface area is 123 Å². The predicted molar refractivity (Wildman–Crippen MR) is 86.1 cm³/mol. The Morgan fingerprint density at radius 1 is 1.50 bits per heavy atom. The van der Waals surface area contributed by atoms with Gasteiger partial charge in [-0.3, -0.25) is 0 Å². The summed E-state index contributed by atoms with van der Waals surface area (Å²) in [6.45, 7) is 6.63. The highest BCUT2D eigenvalue weighted by Gasteiger charge is 2.27. The molecule has 1 aromatic rings. The Morgan fingerprint density at radius 2 is 2.22 bits per heavy atom. The number of hydrogen-bond donors (Lipinski definition) is 1. The minimum atomic E-state index is 0.284. The van der Waals surface area contributed by atoms with Gasteiger partial charge in [-0.2, -0.15) is 11.8 Å². The van der Waals surface area contributed by atoms with Crippen LogP contribution in [0.2, 0.25) is 5.02 Å². The topological polar surface area (TPSA) is 29.3 Å². The van der Waals surface area contributed by atoms with Crippen molar-refractivity contribution in [1.82, 2.24) is 0 Å². The van der Waals surface area contributed by atoms with Gasteiger partial charge in [0.1, 0.15) is 4.99 Å². The summed E-state index contributed by atoms with van der Waals surface area (Å²) in [6, 6.07) is 5.92. The van der Waals surface area contributed by atoms with E-state index in [2.05, 4.69) is 18.7 Å². The highest BCUT2D eigenvalue weighted by molar-refractivity contribution is 8.00. The highest BCUT2D eigenvalue weighted by atomic mass is 35.5. The van der Waals surface area contributed by atoms with E-state index < -0.39 is 0 Å². The number of rotatable bonds is 2. The molecule has 0 aliphatic carbocycles. The van der Waals surface area contributed by atoms with Gasteiger partial charge in [-0.15, -0.1) is 0 Å². The Morgan fingerprint density at radius 3 is 2.78 bits per heavy atom. The lowest BCUT2D eigenvalue weighted by atomic mass is 10.1. The standard InChI is InChI=1S/C13H17ClN2S2/c1-13(2)8-16(5-6-18-13)9-3-4-10(12(15)17)11(14)7-9/h3-4,7H,5-6,8H2,1-2H3,(H2,15,17). The molecule has 0 atom stereocenters. The van der Waals surface area contributed by atoms with Gasteiger partial charge < -0.3 is 10.6 Å². The molecular formula is C13H17ClN2S2. The monoisotopic (exact) mass is 300 g/mol. The van der Waals surface area contributed by atoms with Gasteiger partial charge in [0.05, 0.1) is 5.02 Å². The summed E-state index contributed by atoms with van der Waals surface area (Å²) in [7, 11) is 0. The second-order valence-corrected chi connectivity index (χ2v) is 7.71. The maximum atomic E-state index is 6.22. The molecule has 1 heterocycles. The first-order valence-corrected chi connectivity index (χ1v) is 7.64. The zero-order valence-corrected chi connectivity index (χ0v) is 13.0. The van der Waals surface area contributed by atoms with Gasteiger partial charge in [0, 0.05) is 34.8 Å². The second kappa shape index (κ2) is 5.27. The van der Waals surface area contributed by atoms with Crippen molar-refractivity contribution < 1.29 is 0 Å². The van der Waals surface area contributed by atoms with E-state index in [9.17, 15) is 0 Å². The summed E-state index contributed by atoms with van der Waals surface area (Å²) in [6.07, 6.45) is 0. The van der Waals surface area contributed by atoms with E-state index in [4.69, 9.17) is 29.6 Å². The van der Waals surface area contributed by atoms with Crippen LogP contribution in [0.4, 0.5) is 5.69 Å². The van der Waals surface area contributed by atoms with Crippen LogP contribution < -0.4 is 10.6 Å². The number of nitrogens with two attached hydrogens (primary N) is 1. The third kappa shape index (κ3) is 3.11. The van der Waals surface area contributed by atoms with Gasteiger partial charge in [-0.25, -0.2) is 0 Å². The molecule has 5 heteroatoms. The first kappa shape index (κ1) is 14.0. The molecule has 18 heavy (non-hydrogen) atoms. The van der Waals surface area contributed by atoms with Gasteiger partial charge in [0.25, 0.3) is 0 Å². The highest BCUT2D eigenvalue weighted by Crippen LogP contribution is 2.33. The molecule has 0 aromatic heterocycles. The molecule has 0 bridgehead atoms. The number of thiocarbonyl (C=S) groups is 1. The molecule has 0 spiro atoms. The number of anilines is 1. The van der Waals surface area contributed by atoms with Crippen LogP contribution in [0.3, 0.4) is 0 Å². The molecule has 0 unspecified atom stereocenters. The molecule has 1 fully saturated rings. The molecule has 0 radical (unpaired) electrons. The molecule has 1 aromatic carbocycles. The summed E-state index contributed by atoms with van der Waals surface area (Å²) in [5.41, 5.74) is 7.51. The summed E-state index contributed by atoms with van der Waals surface area (Å²) in [5, 5.41) is 0.635. The molecular weight excluding hydrogens is 284 g/mol. The van der Waals surface area contributed by atoms with E-state index in [-0.39, 0.29) is 4.75 Å². The van der Waals surface area contributed by atoms with Crippen LogP contribution in [0.5, 0.6) is 0 Å². The third-order valence-electron chi connectivity index (χ3n) is 3.01. The molecule has 2 rings (SSSR count). The Bertz CT molecular complexity index is 474. The zero-order valence-electron chi connectivity index (χ0n) is 10.6. The van der Waals surface area contributed by atoms with Crippen molar-refractivity contribution in [2.45, 2.75) is 18.6 Å². The Balaban J connectivity index is 2.24.